The standard InChI is InChI=1S/C16H22Cl2N2O/c1-19(12-13-5-6-14(17)15(18)11-13)10-7-16(21)20-8-3-2-4-9-20/h5-6,11H,2-4,7-10,12H2,1H3. The van der Waals surface area contributed by atoms with Crippen molar-refractivity contribution in [2.75, 3.05) is 26.7 Å². The SMILES string of the molecule is CN(CCC(=O)N1CCCCC1)Cc1ccc(Cl)c(Cl)c1. The van der Waals surface area contributed by atoms with Crippen molar-refractivity contribution in [3.05, 3.63) is 33.8 Å². The zero-order valence-corrected chi connectivity index (χ0v) is 14.0. The molecule has 2 rings (SSSR count). The predicted molar refractivity (Wildman–Crippen MR) is 87.8 cm³/mol. The molecule has 21 heavy (non-hydrogen) atoms. The van der Waals surface area contributed by atoms with Crippen molar-refractivity contribution in [3.63, 3.8) is 0 Å². The molecule has 5 heteroatoms. The number of carbonyl (C=O) groups excluding carboxylic acids is 1. The molecule has 0 saturated carbocycles. The molecule has 0 radical (unpaired) electrons. The van der Waals surface area contributed by atoms with Crippen molar-refractivity contribution in [3.8, 4) is 0 Å². The number of rotatable bonds is 5. The second-order valence-corrected chi connectivity index (χ2v) is 6.49. The van der Waals surface area contributed by atoms with Crippen molar-refractivity contribution in [1.82, 2.24) is 9.80 Å². The predicted octanol–water partition coefficient (Wildman–Crippen LogP) is 3.83. The molecule has 0 N–H and O–H groups in total. The number of likely N-dealkylation sites (tertiary alicyclic amines) is 1. The highest BCUT2D eigenvalue weighted by molar-refractivity contribution is 6.42. The van der Waals surface area contributed by atoms with Crippen LogP contribution in [0.3, 0.4) is 0 Å². The molecule has 0 bridgehead atoms. The summed E-state index contributed by atoms with van der Waals surface area (Å²) in [7, 11) is 2.02. The number of nitrogens with zero attached hydrogens (tertiary/aromatic N) is 2. The molecule has 3 nitrogen and oxygen atoms in total. The van der Waals surface area contributed by atoms with Crippen LogP contribution in [-0.2, 0) is 11.3 Å². The number of benzene rings is 1. The fourth-order valence-electron chi connectivity index (χ4n) is 2.62. The molecule has 0 unspecified atom stereocenters. The van der Waals surface area contributed by atoms with Crippen LogP contribution in [0, 0.1) is 0 Å². The maximum absolute atomic E-state index is 12.1. The third-order valence-electron chi connectivity index (χ3n) is 3.85. The zero-order valence-electron chi connectivity index (χ0n) is 12.4. The summed E-state index contributed by atoms with van der Waals surface area (Å²) in [4.78, 5) is 16.3. The van der Waals surface area contributed by atoms with Crippen molar-refractivity contribution in [1.29, 1.82) is 0 Å². The van der Waals surface area contributed by atoms with E-state index in [0.29, 0.717) is 16.5 Å². The first-order chi connectivity index (χ1) is 10.1. The Morgan fingerprint density at radius 2 is 1.90 bits per heavy atom. The summed E-state index contributed by atoms with van der Waals surface area (Å²) in [6.45, 7) is 3.38. The van der Waals surface area contributed by atoms with Crippen LogP contribution in [0.25, 0.3) is 0 Å². The summed E-state index contributed by atoms with van der Waals surface area (Å²) in [5, 5.41) is 1.15. The van der Waals surface area contributed by atoms with Crippen LogP contribution in [-0.4, -0.2) is 42.4 Å². The molecule has 0 aromatic heterocycles. The Kier molecular flexibility index (Phi) is 6.34. The average molecular weight is 329 g/mol. The topological polar surface area (TPSA) is 23.6 Å². The number of hydrogen-bond acceptors (Lipinski definition) is 2. The van der Waals surface area contributed by atoms with Gasteiger partial charge < -0.3 is 9.80 Å². The summed E-state index contributed by atoms with van der Waals surface area (Å²) in [6.07, 6.45) is 4.12. The summed E-state index contributed by atoms with van der Waals surface area (Å²) in [5.74, 6) is 0.274. The molecule has 1 aliphatic heterocycles. The largest absolute Gasteiger partial charge is 0.343 e. The highest BCUT2D eigenvalue weighted by Crippen LogP contribution is 2.23. The van der Waals surface area contributed by atoms with Gasteiger partial charge in [-0.25, -0.2) is 0 Å². The van der Waals surface area contributed by atoms with Gasteiger partial charge in [0.05, 0.1) is 10.0 Å². The van der Waals surface area contributed by atoms with Crippen molar-refractivity contribution in [2.45, 2.75) is 32.2 Å². The molecule has 1 amide bonds. The lowest BCUT2D eigenvalue weighted by molar-refractivity contribution is -0.132. The van der Waals surface area contributed by atoms with E-state index in [1.807, 2.05) is 30.1 Å². The van der Waals surface area contributed by atoms with Crippen LogP contribution in [0.2, 0.25) is 10.0 Å². The Morgan fingerprint density at radius 3 is 2.57 bits per heavy atom. The Bertz CT molecular complexity index is 487. The molecule has 116 valence electrons. The molecule has 1 fully saturated rings. The van der Waals surface area contributed by atoms with E-state index in [0.717, 1.165) is 44.6 Å². The first-order valence-electron chi connectivity index (χ1n) is 7.46. The quantitative estimate of drug-likeness (QED) is 0.820. The highest BCUT2D eigenvalue weighted by Gasteiger charge is 2.16. The van der Waals surface area contributed by atoms with E-state index in [-0.39, 0.29) is 5.91 Å². The Labute approximate surface area is 136 Å². The van der Waals surface area contributed by atoms with Gasteiger partial charge in [-0.05, 0) is 44.0 Å². The van der Waals surface area contributed by atoms with E-state index in [9.17, 15) is 4.79 Å². The van der Waals surface area contributed by atoms with Crippen molar-refractivity contribution >= 4 is 29.1 Å². The molecule has 0 spiro atoms. The molecule has 1 aromatic rings. The van der Waals surface area contributed by atoms with Crippen LogP contribution < -0.4 is 0 Å². The molecule has 1 aliphatic rings. The van der Waals surface area contributed by atoms with Crippen molar-refractivity contribution in [2.24, 2.45) is 0 Å². The summed E-state index contributed by atoms with van der Waals surface area (Å²) in [6, 6.07) is 5.66. The number of piperidine rings is 1. The first kappa shape index (κ1) is 16.6. The number of carbonyl (C=O) groups is 1. The van der Waals surface area contributed by atoms with Gasteiger partial charge in [0.25, 0.3) is 0 Å². The van der Waals surface area contributed by atoms with Crippen molar-refractivity contribution < 1.29 is 4.79 Å². The van der Waals surface area contributed by atoms with Gasteiger partial charge in [-0.3, -0.25) is 4.79 Å². The molecular formula is C16H22Cl2N2O. The summed E-state index contributed by atoms with van der Waals surface area (Å²) >= 11 is 11.9. The second kappa shape index (κ2) is 8.02. The van der Waals surface area contributed by atoms with Gasteiger partial charge in [-0.15, -0.1) is 0 Å². The van der Waals surface area contributed by atoms with Crippen LogP contribution in [0.5, 0.6) is 0 Å². The second-order valence-electron chi connectivity index (χ2n) is 5.68. The molecule has 1 saturated heterocycles. The lowest BCUT2D eigenvalue weighted by atomic mass is 10.1. The van der Waals surface area contributed by atoms with Gasteiger partial charge in [0.15, 0.2) is 0 Å². The van der Waals surface area contributed by atoms with Gasteiger partial charge in [0, 0.05) is 32.6 Å². The van der Waals surface area contributed by atoms with Gasteiger partial charge in [0.1, 0.15) is 0 Å². The summed E-state index contributed by atoms with van der Waals surface area (Å²) in [5.41, 5.74) is 1.11. The Balaban J connectivity index is 1.77. The average Bonchev–Trinajstić information content (AvgIpc) is 2.49. The molecule has 0 aliphatic carbocycles. The number of halogens is 2. The molecule has 1 aromatic carbocycles. The third-order valence-corrected chi connectivity index (χ3v) is 4.59. The van der Waals surface area contributed by atoms with Crippen LogP contribution >= 0.6 is 23.2 Å². The van der Waals surface area contributed by atoms with Crippen LogP contribution in [0.15, 0.2) is 18.2 Å². The van der Waals surface area contributed by atoms with Gasteiger partial charge in [-0.2, -0.15) is 0 Å². The van der Waals surface area contributed by atoms with Gasteiger partial charge >= 0.3 is 0 Å². The zero-order chi connectivity index (χ0) is 15.2. The fraction of sp³-hybridized carbons (Fsp3) is 0.562. The minimum absolute atomic E-state index is 0.274. The fourth-order valence-corrected chi connectivity index (χ4v) is 2.94. The minimum atomic E-state index is 0.274. The van der Waals surface area contributed by atoms with Gasteiger partial charge in [-0.1, -0.05) is 29.3 Å². The lowest BCUT2D eigenvalue weighted by Gasteiger charge is -2.27. The molecule has 1 heterocycles. The highest BCUT2D eigenvalue weighted by atomic mass is 35.5. The Hall–Kier alpha value is -0.770. The van der Waals surface area contributed by atoms with E-state index >= 15 is 0 Å². The van der Waals surface area contributed by atoms with E-state index in [1.54, 1.807) is 0 Å². The number of amides is 1. The maximum Gasteiger partial charge on any atom is 0.223 e. The van der Waals surface area contributed by atoms with E-state index in [4.69, 9.17) is 23.2 Å². The lowest BCUT2D eigenvalue weighted by Crippen LogP contribution is -2.37. The smallest absolute Gasteiger partial charge is 0.223 e. The maximum atomic E-state index is 12.1. The van der Waals surface area contributed by atoms with Gasteiger partial charge in [0.2, 0.25) is 5.91 Å². The van der Waals surface area contributed by atoms with E-state index in [1.165, 1.54) is 6.42 Å². The monoisotopic (exact) mass is 328 g/mol. The summed E-state index contributed by atoms with van der Waals surface area (Å²) < 4.78 is 0. The normalized spacial score (nSPS) is 15.5. The molecule has 0 atom stereocenters. The third kappa shape index (κ3) is 5.17. The van der Waals surface area contributed by atoms with E-state index in [2.05, 4.69) is 4.90 Å². The minimum Gasteiger partial charge on any atom is -0.343 e. The van der Waals surface area contributed by atoms with E-state index < -0.39 is 0 Å². The van der Waals surface area contributed by atoms with Crippen LogP contribution in [0.4, 0.5) is 0 Å². The molecular weight excluding hydrogens is 307 g/mol. The Morgan fingerprint density at radius 1 is 1.19 bits per heavy atom. The first-order valence-corrected chi connectivity index (χ1v) is 8.22. The number of hydrogen-bond donors (Lipinski definition) is 0. The van der Waals surface area contributed by atoms with Crippen LogP contribution in [0.1, 0.15) is 31.2 Å².